The van der Waals surface area contributed by atoms with Crippen LogP contribution in [0.1, 0.15) is 54.8 Å². The van der Waals surface area contributed by atoms with E-state index in [9.17, 15) is 9.59 Å². The number of ether oxygens (including phenoxy) is 1. The monoisotopic (exact) mass is 354 g/mol. The number of benzene rings is 2. The highest BCUT2D eigenvalue weighted by atomic mass is 16.5. The summed E-state index contributed by atoms with van der Waals surface area (Å²) in [6, 6.07) is 13.8. The molecular weight excluding hydrogens is 328 g/mol. The van der Waals surface area contributed by atoms with Crippen LogP contribution in [0.25, 0.3) is 0 Å². The van der Waals surface area contributed by atoms with Gasteiger partial charge in [-0.25, -0.2) is 0 Å². The predicted octanol–water partition coefficient (Wildman–Crippen LogP) is 4.26. The summed E-state index contributed by atoms with van der Waals surface area (Å²) in [4.78, 5) is 24.4. The van der Waals surface area contributed by atoms with Gasteiger partial charge in [-0.2, -0.15) is 0 Å². The van der Waals surface area contributed by atoms with Gasteiger partial charge < -0.3 is 15.4 Å². The molecule has 0 aliphatic carbocycles. The molecule has 2 rings (SSSR count). The van der Waals surface area contributed by atoms with Crippen LogP contribution in [0.5, 0.6) is 5.75 Å². The highest BCUT2D eigenvalue weighted by molar-refractivity contribution is 6.04. The van der Waals surface area contributed by atoms with Crippen molar-refractivity contribution in [3.63, 3.8) is 0 Å². The average Bonchev–Trinajstić information content (AvgIpc) is 2.59. The predicted molar refractivity (Wildman–Crippen MR) is 104 cm³/mol. The Kier molecular flexibility index (Phi) is 6.39. The molecule has 0 radical (unpaired) electrons. The first-order chi connectivity index (χ1) is 12.3. The van der Waals surface area contributed by atoms with Crippen molar-refractivity contribution in [3.8, 4) is 5.75 Å². The van der Waals surface area contributed by atoms with Crippen LogP contribution in [0.3, 0.4) is 0 Å². The summed E-state index contributed by atoms with van der Waals surface area (Å²) in [5.74, 6) is 0.398. The lowest BCUT2D eigenvalue weighted by molar-refractivity contribution is 0.0919. The third-order valence-corrected chi connectivity index (χ3v) is 3.48. The number of anilines is 1. The number of rotatable bonds is 6. The highest BCUT2D eigenvalue weighted by Gasteiger charge is 2.15. The largest absolute Gasteiger partial charge is 0.494 e. The van der Waals surface area contributed by atoms with E-state index < -0.39 is 0 Å². The zero-order valence-electron chi connectivity index (χ0n) is 15.8. The van der Waals surface area contributed by atoms with Crippen LogP contribution < -0.4 is 15.4 Å². The van der Waals surface area contributed by atoms with Gasteiger partial charge in [-0.05, 0) is 75.7 Å². The zero-order chi connectivity index (χ0) is 19.2. The van der Waals surface area contributed by atoms with E-state index in [0.29, 0.717) is 23.4 Å². The van der Waals surface area contributed by atoms with Crippen LogP contribution in [0.2, 0.25) is 0 Å². The maximum Gasteiger partial charge on any atom is 0.255 e. The smallest absolute Gasteiger partial charge is 0.255 e. The van der Waals surface area contributed by atoms with Crippen molar-refractivity contribution in [1.29, 1.82) is 0 Å². The highest BCUT2D eigenvalue weighted by Crippen LogP contribution is 2.15. The van der Waals surface area contributed by atoms with Gasteiger partial charge in [0.05, 0.1) is 6.61 Å². The molecule has 0 aliphatic rings. The lowest BCUT2D eigenvalue weighted by atomic mass is 10.1. The van der Waals surface area contributed by atoms with Crippen molar-refractivity contribution in [2.75, 3.05) is 11.9 Å². The molecule has 0 fully saturated rings. The molecule has 2 N–H and O–H groups in total. The Hall–Kier alpha value is -2.82. The quantitative estimate of drug-likeness (QED) is 0.815. The average molecular weight is 354 g/mol. The van der Waals surface area contributed by atoms with Gasteiger partial charge in [-0.15, -0.1) is 0 Å². The van der Waals surface area contributed by atoms with Gasteiger partial charge in [-0.1, -0.05) is 6.92 Å². The number of carbonyl (C=O) groups excluding carboxylic acids is 2. The third kappa shape index (κ3) is 5.92. The Bertz CT molecular complexity index is 744. The molecule has 138 valence electrons. The zero-order valence-corrected chi connectivity index (χ0v) is 15.8. The maximum atomic E-state index is 12.3. The van der Waals surface area contributed by atoms with Gasteiger partial charge in [-0.3, -0.25) is 9.59 Å². The minimum Gasteiger partial charge on any atom is -0.494 e. The number of amides is 2. The van der Waals surface area contributed by atoms with Gasteiger partial charge in [0, 0.05) is 22.4 Å². The summed E-state index contributed by atoms with van der Waals surface area (Å²) >= 11 is 0. The Labute approximate surface area is 154 Å². The van der Waals surface area contributed by atoms with Crippen molar-refractivity contribution < 1.29 is 14.3 Å². The van der Waals surface area contributed by atoms with Crippen LogP contribution in [0.4, 0.5) is 5.69 Å². The van der Waals surface area contributed by atoms with E-state index >= 15 is 0 Å². The first-order valence-corrected chi connectivity index (χ1v) is 8.75. The van der Waals surface area contributed by atoms with E-state index in [0.717, 1.165) is 12.2 Å². The van der Waals surface area contributed by atoms with E-state index in [1.54, 1.807) is 48.5 Å². The third-order valence-electron chi connectivity index (χ3n) is 3.48. The molecule has 2 aromatic carbocycles. The first kappa shape index (κ1) is 19.5. The SMILES string of the molecule is CCCOc1ccc(C(=O)Nc2ccc(C(=O)NC(C)(C)C)cc2)cc1. The number of hydrogen-bond donors (Lipinski definition) is 2. The van der Waals surface area contributed by atoms with Crippen molar-refractivity contribution in [2.24, 2.45) is 0 Å². The summed E-state index contributed by atoms with van der Waals surface area (Å²) in [6.45, 7) is 8.48. The minimum atomic E-state index is -0.295. The summed E-state index contributed by atoms with van der Waals surface area (Å²) in [5, 5.41) is 5.73. The molecule has 0 aliphatic heterocycles. The van der Waals surface area contributed by atoms with Gasteiger partial charge in [0.25, 0.3) is 11.8 Å². The van der Waals surface area contributed by atoms with Crippen LogP contribution >= 0.6 is 0 Å². The number of hydrogen-bond acceptors (Lipinski definition) is 3. The molecule has 0 spiro atoms. The first-order valence-electron chi connectivity index (χ1n) is 8.75. The molecule has 2 aromatic rings. The Morgan fingerprint density at radius 3 is 1.96 bits per heavy atom. The number of carbonyl (C=O) groups is 2. The van der Waals surface area contributed by atoms with Crippen molar-refractivity contribution in [2.45, 2.75) is 39.7 Å². The lowest BCUT2D eigenvalue weighted by Gasteiger charge is -2.20. The molecule has 0 atom stereocenters. The molecule has 0 heterocycles. The molecule has 0 aromatic heterocycles. The molecule has 5 heteroatoms. The molecule has 0 bridgehead atoms. The van der Waals surface area contributed by atoms with Crippen molar-refractivity contribution in [1.82, 2.24) is 5.32 Å². The summed E-state index contributed by atoms with van der Waals surface area (Å²) in [7, 11) is 0. The van der Waals surface area contributed by atoms with Crippen LogP contribution in [-0.4, -0.2) is 24.0 Å². The Balaban J connectivity index is 1.97. The van der Waals surface area contributed by atoms with Gasteiger partial charge in [0.1, 0.15) is 5.75 Å². The second kappa shape index (κ2) is 8.52. The summed E-state index contributed by atoms with van der Waals surface area (Å²) in [5.41, 5.74) is 1.43. The minimum absolute atomic E-state index is 0.141. The number of nitrogens with one attached hydrogen (secondary N) is 2. The molecular formula is C21H26N2O3. The van der Waals surface area contributed by atoms with Gasteiger partial charge in [0.15, 0.2) is 0 Å². The Morgan fingerprint density at radius 2 is 1.42 bits per heavy atom. The van der Waals surface area contributed by atoms with Crippen LogP contribution in [-0.2, 0) is 0 Å². The van der Waals surface area contributed by atoms with Crippen LogP contribution in [0, 0.1) is 0 Å². The maximum absolute atomic E-state index is 12.3. The molecule has 5 nitrogen and oxygen atoms in total. The van der Waals surface area contributed by atoms with Crippen LogP contribution in [0.15, 0.2) is 48.5 Å². The van der Waals surface area contributed by atoms with Gasteiger partial charge in [0.2, 0.25) is 0 Å². The Morgan fingerprint density at radius 1 is 0.885 bits per heavy atom. The van der Waals surface area contributed by atoms with E-state index in [1.807, 2.05) is 27.7 Å². The second-order valence-corrected chi connectivity index (χ2v) is 7.11. The normalized spacial score (nSPS) is 10.9. The standard InChI is InChI=1S/C21H26N2O3/c1-5-14-26-18-12-8-15(9-13-18)19(24)22-17-10-6-16(7-11-17)20(25)23-21(2,3)4/h6-13H,5,14H2,1-4H3,(H,22,24)(H,23,25). The van der Waals surface area contributed by atoms with E-state index in [4.69, 9.17) is 4.74 Å². The molecule has 0 saturated heterocycles. The lowest BCUT2D eigenvalue weighted by Crippen LogP contribution is -2.40. The fourth-order valence-electron chi connectivity index (χ4n) is 2.24. The second-order valence-electron chi connectivity index (χ2n) is 7.11. The van der Waals surface area contributed by atoms with Crippen molar-refractivity contribution >= 4 is 17.5 Å². The summed E-state index contributed by atoms with van der Waals surface area (Å²) in [6.07, 6.45) is 0.937. The van der Waals surface area contributed by atoms with Gasteiger partial charge >= 0.3 is 0 Å². The fraction of sp³-hybridized carbons (Fsp3) is 0.333. The van der Waals surface area contributed by atoms with E-state index in [2.05, 4.69) is 10.6 Å². The van der Waals surface area contributed by atoms with Crippen molar-refractivity contribution in [3.05, 3.63) is 59.7 Å². The summed E-state index contributed by atoms with van der Waals surface area (Å²) < 4.78 is 5.51. The van der Waals surface area contributed by atoms with E-state index in [1.165, 1.54) is 0 Å². The molecule has 0 unspecified atom stereocenters. The molecule has 26 heavy (non-hydrogen) atoms. The topological polar surface area (TPSA) is 67.4 Å². The van der Waals surface area contributed by atoms with E-state index in [-0.39, 0.29) is 17.4 Å². The fourth-order valence-corrected chi connectivity index (χ4v) is 2.24. The molecule has 2 amide bonds. The molecule has 0 saturated carbocycles.